The number of aromatic nitrogens is 2. The van der Waals surface area contributed by atoms with E-state index in [2.05, 4.69) is 23.8 Å². The number of nitrogens with zero attached hydrogens (tertiary/aromatic N) is 2. The Bertz CT molecular complexity index is 574. The van der Waals surface area contributed by atoms with Crippen LogP contribution < -0.4 is 10.5 Å². The molecule has 0 fully saturated rings. The lowest BCUT2D eigenvalue weighted by Crippen LogP contribution is -2.00. The second kappa shape index (κ2) is 5.89. The van der Waals surface area contributed by atoms with Crippen molar-refractivity contribution in [2.75, 3.05) is 5.73 Å². The molecule has 0 aliphatic rings. The lowest BCUT2D eigenvalue weighted by atomic mass is 9.98. The SMILES string of the molecule is CCC(C)c1ccccc1Oc1nc(N)ncc1Cl. The molecule has 0 saturated carbocycles. The van der Waals surface area contributed by atoms with Crippen LogP contribution in [-0.2, 0) is 0 Å². The van der Waals surface area contributed by atoms with Crippen LogP contribution in [0, 0.1) is 0 Å². The zero-order valence-corrected chi connectivity index (χ0v) is 11.7. The minimum absolute atomic E-state index is 0.139. The first-order valence-corrected chi connectivity index (χ1v) is 6.54. The molecule has 0 saturated heterocycles. The number of para-hydroxylation sites is 1. The lowest BCUT2D eigenvalue weighted by Gasteiger charge is -2.15. The quantitative estimate of drug-likeness (QED) is 0.917. The molecule has 2 aromatic rings. The van der Waals surface area contributed by atoms with E-state index in [4.69, 9.17) is 22.1 Å². The molecule has 0 spiro atoms. The molecule has 1 aromatic heterocycles. The Morgan fingerprint density at radius 1 is 1.37 bits per heavy atom. The van der Waals surface area contributed by atoms with Crippen LogP contribution in [0.2, 0.25) is 5.02 Å². The Morgan fingerprint density at radius 3 is 2.84 bits per heavy atom. The van der Waals surface area contributed by atoms with Gasteiger partial charge in [-0.2, -0.15) is 4.98 Å². The van der Waals surface area contributed by atoms with E-state index >= 15 is 0 Å². The molecule has 2 rings (SSSR count). The van der Waals surface area contributed by atoms with Crippen LogP contribution in [0.3, 0.4) is 0 Å². The average Bonchev–Trinajstić information content (AvgIpc) is 2.42. The Labute approximate surface area is 117 Å². The predicted octanol–water partition coefficient (Wildman–Crippen LogP) is 4.02. The molecule has 1 aromatic carbocycles. The predicted molar refractivity (Wildman–Crippen MR) is 76.7 cm³/mol. The molecule has 0 radical (unpaired) electrons. The highest BCUT2D eigenvalue weighted by atomic mass is 35.5. The topological polar surface area (TPSA) is 61.0 Å². The summed E-state index contributed by atoms with van der Waals surface area (Å²) in [6, 6.07) is 7.85. The van der Waals surface area contributed by atoms with Crippen molar-refractivity contribution in [3.63, 3.8) is 0 Å². The van der Waals surface area contributed by atoms with E-state index in [1.807, 2.05) is 24.3 Å². The third-order valence-corrected chi connectivity index (χ3v) is 3.26. The maximum absolute atomic E-state index is 6.01. The summed E-state index contributed by atoms with van der Waals surface area (Å²) in [7, 11) is 0. The molecular weight excluding hydrogens is 262 g/mol. The summed E-state index contributed by atoms with van der Waals surface area (Å²) in [5.41, 5.74) is 6.67. The van der Waals surface area contributed by atoms with Gasteiger partial charge in [0.05, 0.1) is 6.20 Å². The van der Waals surface area contributed by atoms with Gasteiger partial charge >= 0.3 is 0 Å². The summed E-state index contributed by atoms with van der Waals surface area (Å²) < 4.78 is 5.78. The van der Waals surface area contributed by atoms with E-state index in [9.17, 15) is 0 Å². The fraction of sp³-hybridized carbons (Fsp3) is 0.286. The first-order valence-electron chi connectivity index (χ1n) is 6.16. The Morgan fingerprint density at radius 2 is 2.11 bits per heavy atom. The summed E-state index contributed by atoms with van der Waals surface area (Å²) >= 11 is 6.01. The third-order valence-electron chi connectivity index (χ3n) is 3.00. The first-order chi connectivity index (χ1) is 9.11. The molecule has 0 aliphatic heterocycles. The lowest BCUT2D eigenvalue weighted by molar-refractivity contribution is 0.452. The van der Waals surface area contributed by atoms with E-state index in [0.717, 1.165) is 17.7 Å². The minimum atomic E-state index is 0.139. The van der Waals surface area contributed by atoms with Gasteiger partial charge in [-0.15, -0.1) is 0 Å². The van der Waals surface area contributed by atoms with Crippen LogP contribution in [0.1, 0.15) is 31.7 Å². The second-order valence-corrected chi connectivity index (χ2v) is 4.74. The van der Waals surface area contributed by atoms with Crippen molar-refractivity contribution in [3.05, 3.63) is 41.0 Å². The number of benzene rings is 1. The standard InChI is InChI=1S/C14H16ClN3O/c1-3-9(2)10-6-4-5-7-12(10)19-13-11(15)8-17-14(16)18-13/h4-9H,3H2,1-2H3,(H2,16,17,18). The minimum Gasteiger partial charge on any atom is -0.437 e. The average molecular weight is 278 g/mol. The van der Waals surface area contributed by atoms with E-state index in [1.54, 1.807) is 0 Å². The number of hydrogen-bond acceptors (Lipinski definition) is 4. The fourth-order valence-corrected chi connectivity index (χ4v) is 1.87. The monoisotopic (exact) mass is 277 g/mol. The molecular formula is C14H16ClN3O. The molecule has 100 valence electrons. The zero-order chi connectivity index (χ0) is 13.8. The van der Waals surface area contributed by atoms with Crippen LogP contribution in [0.25, 0.3) is 0 Å². The highest BCUT2D eigenvalue weighted by Crippen LogP contribution is 2.33. The number of nitrogens with two attached hydrogens (primary N) is 1. The third kappa shape index (κ3) is 3.15. The summed E-state index contributed by atoms with van der Waals surface area (Å²) in [4.78, 5) is 7.82. The van der Waals surface area contributed by atoms with Crippen LogP contribution in [0.4, 0.5) is 5.95 Å². The van der Waals surface area contributed by atoms with E-state index in [1.165, 1.54) is 6.20 Å². The molecule has 2 N–H and O–H groups in total. The van der Waals surface area contributed by atoms with Crippen molar-refractivity contribution in [3.8, 4) is 11.6 Å². The fourth-order valence-electron chi connectivity index (χ4n) is 1.74. The summed E-state index contributed by atoms with van der Waals surface area (Å²) in [5, 5.41) is 0.341. The van der Waals surface area contributed by atoms with Crippen LogP contribution >= 0.6 is 11.6 Å². The normalized spacial score (nSPS) is 12.2. The van der Waals surface area contributed by atoms with E-state index < -0.39 is 0 Å². The van der Waals surface area contributed by atoms with Gasteiger partial charge in [-0.05, 0) is 24.0 Å². The molecule has 0 amide bonds. The number of nitrogen functional groups attached to an aromatic ring is 1. The molecule has 1 atom stereocenters. The van der Waals surface area contributed by atoms with E-state index in [0.29, 0.717) is 10.9 Å². The molecule has 5 heteroatoms. The molecule has 1 heterocycles. The molecule has 0 aliphatic carbocycles. The summed E-state index contributed by atoms with van der Waals surface area (Å²) in [5.74, 6) is 1.57. The van der Waals surface area contributed by atoms with Gasteiger partial charge in [0.15, 0.2) is 0 Å². The maximum atomic E-state index is 6.01. The van der Waals surface area contributed by atoms with Crippen LogP contribution in [-0.4, -0.2) is 9.97 Å². The number of rotatable bonds is 4. The molecule has 19 heavy (non-hydrogen) atoms. The largest absolute Gasteiger partial charge is 0.437 e. The van der Waals surface area contributed by atoms with Gasteiger partial charge in [0.1, 0.15) is 10.8 Å². The van der Waals surface area contributed by atoms with Gasteiger partial charge in [0.25, 0.3) is 0 Å². The highest BCUT2D eigenvalue weighted by Gasteiger charge is 2.13. The van der Waals surface area contributed by atoms with Gasteiger partial charge < -0.3 is 10.5 Å². The summed E-state index contributed by atoms with van der Waals surface area (Å²) in [6.07, 6.45) is 2.46. The number of hydrogen-bond donors (Lipinski definition) is 1. The van der Waals surface area contributed by atoms with Crippen LogP contribution in [0.5, 0.6) is 11.6 Å². The molecule has 0 bridgehead atoms. The van der Waals surface area contributed by atoms with Gasteiger partial charge in [0.2, 0.25) is 11.8 Å². The highest BCUT2D eigenvalue weighted by molar-refractivity contribution is 6.31. The van der Waals surface area contributed by atoms with Crippen molar-refractivity contribution in [2.24, 2.45) is 0 Å². The second-order valence-electron chi connectivity index (χ2n) is 4.33. The smallest absolute Gasteiger partial charge is 0.243 e. The van der Waals surface area contributed by atoms with Crippen molar-refractivity contribution in [1.29, 1.82) is 0 Å². The van der Waals surface area contributed by atoms with Crippen molar-refractivity contribution in [1.82, 2.24) is 9.97 Å². The Balaban J connectivity index is 2.35. The van der Waals surface area contributed by atoms with E-state index in [-0.39, 0.29) is 11.8 Å². The maximum Gasteiger partial charge on any atom is 0.243 e. The molecule has 1 unspecified atom stereocenters. The van der Waals surface area contributed by atoms with Gasteiger partial charge in [0, 0.05) is 0 Å². The van der Waals surface area contributed by atoms with Gasteiger partial charge in [-0.3, -0.25) is 0 Å². The number of anilines is 1. The van der Waals surface area contributed by atoms with Crippen molar-refractivity contribution >= 4 is 17.5 Å². The number of halogens is 1. The Hall–Kier alpha value is -1.81. The van der Waals surface area contributed by atoms with Crippen molar-refractivity contribution < 1.29 is 4.74 Å². The van der Waals surface area contributed by atoms with Crippen molar-refractivity contribution in [2.45, 2.75) is 26.2 Å². The first kappa shape index (κ1) is 13.6. The zero-order valence-electron chi connectivity index (χ0n) is 10.9. The number of ether oxygens (including phenoxy) is 1. The summed E-state index contributed by atoms with van der Waals surface area (Å²) in [6.45, 7) is 4.29. The Kier molecular flexibility index (Phi) is 4.22. The molecule has 4 nitrogen and oxygen atoms in total. The van der Waals surface area contributed by atoms with Gasteiger partial charge in [-0.1, -0.05) is 43.6 Å². The van der Waals surface area contributed by atoms with Crippen LogP contribution in [0.15, 0.2) is 30.5 Å². The van der Waals surface area contributed by atoms with Gasteiger partial charge in [-0.25, -0.2) is 4.98 Å².